The summed E-state index contributed by atoms with van der Waals surface area (Å²) in [5, 5.41) is 5.00. The molecule has 0 bridgehead atoms. The Morgan fingerprint density at radius 1 is 0.157 bits per heavy atom. The van der Waals surface area contributed by atoms with Crippen molar-refractivity contribution in [3.8, 4) is 55.6 Å². The fourth-order valence-electron chi connectivity index (χ4n) is 9.90. The third-order valence-electron chi connectivity index (χ3n) is 13.5. The first kappa shape index (κ1) is 42.1. The average molecular weight is 893 g/mol. The van der Waals surface area contributed by atoms with E-state index >= 15 is 0 Å². The van der Waals surface area contributed by atoms with E-state index in [9.17, 15) is 0 Å². The number of fused-ring (bicyclic) bond motifs is 2. The fourth-order valence-corrected chi connectivity index (χ4v) is 9.90. The van der Waals surface area contributed by atoms with Gasteiger partial charge in [0, 0.05) is 34.1 Å². The zero-order valence-corrected chi connectivity index (χ0v) is 38.6. The zero-order chi connectivity index (χ0) is 46.6. The number of hydrogen-bond donors (Lipinski definition) is 0. The summed E-state index contributed by atoms with van der Waals surface area (Å²) in [6.07, 6.45) is 0. The Balaban J connectivity index is 0.843. The molecule has 0 aliphatic carbocycles. The van der Waals surface area contributed by atoms with Crippen LogP contribution in [0.2, 0.25) is 0 Å². The van der Waals surface area contributed by atoms with E-state index < -0.39 is 0 Å². The second-order valence-corrected chi connectivity index (χ2v) is 17.7. The van der Waals surface area contributed by atoms with Gasteiger partial charge in [-0.3, -0.25) is 0 Å². The van der Waals surface area contributed by atoms with Crippen LogP contribution in [0, 0.1) is 0 Å². The van der Waals surface area contributed by atoms with Crippen LogP contribution >= 0.6 is 0 Å². The van der Waals surface area contributed by atoms with E-state index in [1.54, 1.807) is 0 Å². The molecule has 0 heterocycles. The topological polar surface area (TPSA) is 6.48 Å². The molecule has 0 N–H and O–H groups in total. The first-order valence-electron chi connectivity index (χ1n) is 24.0. The van der Waals surface area contributed by atoms with Gasteiger partial charge in [-0.2, -0.15) is 0 Å². The SMILES string of the molecule is c1ccc(-c2ccc(-c3ccc(N(c4ccccc4)c4ccc(-c5ccc(N(c6ccc(-c7cccc8ccccc78)cc6)c6ccc(-c7cccc8ccccc78)cc6)cc5)cc4)cc3)cc2)cc1. The smallest absolute Gasteiger partial charge is 0.0462 e. The molecule has 0 amide bonds. The molecular formula is C68H48N2. The minimum Gasteiger partial charge on any atom is -0.311 e. The van der Waals surface area contributed by atoms with Crippen molar-refractivity contribution in [2.75, 3.05) is 9.80 Å². The Labute approximate surface area is 410 Å². The van der Waals surface area contributed by atoms with E-state index in [-0.39, 0.29) is 0 Å². The van der Waals surface area contributed by atoms with E-state index in [0.717, 1.165) is 45.3 Å². The molecule has 0 saturated carbocycles. The van der Waals surface area contributed by atoms with Gasteiger partial charge in [0.15, 0.2) is 0 Å². The molecule has 70 heavy (non-hydrogen) atoms. The minimum atomic E-state index is 1.09. The highest BCUT2D eigenvalue weighted by Gasteiger charge is 2.17. The predicted molar refractivity (Wildman–Crippen MR) is 298 cm³/mol. The van der Waals surface area contributed by atoms with Crippen LogP contribution in [0.5, 0.6) is 0 Å². The average Bonchev–Trinajstić information content (AvgIpc) is 3.44. The third kappa shape index (κ3) is 8.40. The molecule has 12 rings (SSSR count). The lowest BCUT2D eigenvalue weighted by molar-refractivity contribution is 1.28. The molecule has 2 nitrogen and oxygen atoms in total. The van der Waals surface area contributed by atoms with Crippen molar-refractivity contribution in [1.29, 1.82) is 0 Å². The standard InChI is InChI=1S/C68H48N2/c1-3-13-49(14-4-1)50-25-27-51(28-26-50)52-29-39-60(40-30-52)69(59-19-5-2-6-20-59)61-41-31-53(32-42-61)54-33-43-62(44-34-54)70(63-45-35-57(36-46-63)67-23-11-17-55-15-7-9-21-65(55)67)64-47-37-58(38-48-64)68-24-12-18-56-16-8-10-22-66(56)68/h1-48H. The second-order valence-electron chi connectivity index (χ2n) is 17.7. The maximum absolute atomic E-state index is 2.36. The lowest BCUT2D eigenvalue weighted by Crippen LogP contribution is -2.10. The molecule has 0 unspecified atom stereocenters. The van der Waals surface area contributed by atoms with E-state index in [2.05, 4.69) is 301 Å². The Morgan fingerprint density at radius 2 is 0.400 bits per heavy atom. The lowest BCUT2D eigenvalue weighted by atomic mass is 9.97. The van der Waals surface area contributed by atoms with Crippen LogP contribution in [-0.4, -0.2) is 0 Å². The summed E-state index contributed by atoms with van der Waals surface area (Å²) in [7, 11) is 0. The minimum absolute atomic E-state index is 1.09. The van der Waals surface area contributed by atoms with E-state index in [0.29, 0.717) is 0 Å². The molecule has 0 aliphatic heterocycles. The lowest BCUT2D eigenvalue weighted by Gasteiger charge is -2.26. The monoisotopic (exact) mass is 892 g/mol. The summed E-state index contributed by atoms with van der Waals surface area (Å²) in [5.41, 5.74) is 18.6. The number of benzene rings is 12. The van der Waals surface area contributed by atoms with Crippen LogP contribution in [-0.2, 0) is 0 Å². The Bertz CT molecular complexity index is 3560. The van der Waals surface area contributed by atoms with Crippen LogP contribution in [0.25, 0.3) is 77.2 Å². The second kappa shape index (κ2) is 18.8. The molecule has 0 spiro atoms. The summed E-state index contributed by atoms with van der Waals surface area (Å²) in [6, 6.07) is 105. The molecule has 2 heteroatoms. The Hall–Kier alpha value is -9.24. The van der Waals surface area contributed by atoms with Crippen molar-refractivity contribution < 1.29 is 0 Å². The van der Waals surface area contributed by atoms with Gasteiger partial charge in [-0.25, -0.2) is 0 Å². The summed E-state index contributed by atoms with van der Waals surface area (Å²) in [5.74, 6) is 0. The Morgan fingerprint density at radius 3 is 0.757 bits per heavy atom. The molecule has 0 saturated heterocycles. The maximum atomic E-state index is 2.36. The van der Waals surface area contributed by atoms with Gasteiger partial charge in [-0.1, -0.05) is 218 Å². The first-order valence-corrected chi connectivity index (χ1v) is 24.0. The fraction of sp³-hybridized carbons (Fsp3) is 0. The molecule has 0 fully saturated rings. The summed E-state index contributed by atoms with van der Waals surface area (Å²) < 4.78 is 0. The van der Waals surface area contributed by atoms with E-state index in [1.165, 1.54) is 66.1 Å². The van der Waals surface area contributed by atoms with Crippen LogP contribution in [0.15, 0.2) is 291 Å². The van der Waals surface area contributed by atoms with Gasteiger partial charge >= 0.3 is 0 Å². The number of anilines is 6. The van der Waals surface area contributed by atoms with Crippen molar-refractivity contribution >= 4 is 55.7 Å². The van der Waals surface area contributed by atoms with Crippen molar-refractivity contribution in [2.45, 2.75) is 0 Å². The highest BCUT2D eigenvalue weighted by atomic mass is 15.1. The molecule has 0 aromatic heterocycles. The van der Waals surface area contributed by atoms with Crippen molar-refractivity contribution in [1.82, 2.24) is 0 Å². The van der Waals surface area contributed by atoms with Crippen molar-refractivity contribution in [2.24, 2.45) is 0 Å². The van der Waals surface area contributed by atoms with Gasteiger partial charge in [0.2, 0.25) is 0 Å². The number of hydrogen-bond acceptors (Lipinski definition) is 2. The van der Waals surface area contributed by atoms with Gasteiger partial charge < -0.3 is 9.80 Å². The number of para-hydroxylation sites is 1. The molecule has 0 radical (unpaired) electrons. The number of nitrogens with zero attached hydrogens (tertiary/aromatic N) is 2. The van der Waals surface area contributed by atoms with Crippen molar-refractivity contribution in [3.63, 3.8) is 0 Å². The van der Waals surface area contributed by atoms with Crippen LogP contribution in [0.3, 0.4) is 0 Å². The van der Waals surface area contributed by atoms with E-state index in [4.69, 9.17) is 0 Å². The first-order chi connectivity index (χ1) is 34.7. The summed E-state index contributed by atoms with van der Waals surface area (Å²) >= 11 is 0. The van der Waals surface area contributed by atoms with Crippen LogP contribution in [0.1, 0.15) is 0 Å². The molecule has 0 aliphatic rings. The number of rotatable bonds is 11. The van der Waals surface area contributed by atoms with Crippen LogP contribution < -0.4 is 9.80 Å². The molecule has 330 valence electrons. The molecule has 0 atom stereocenters. The summed E-state index contributed by atoms with van der Waals surface area (Å²) in [6.45, 7) is 0. The van der Waals surface area contributed by atoms with Gasteiger partial charge in [0.05, 0.1) is 0 Å². The van der Waals surface area contributed by atoms with Gasteiger partial charge in [0.25, 0.3) is 0 Å². The van der Waals surface area contributed by atoms with E-state index in [1.807, 2.05) is 0 Å². The van der Waals surface area contributed by atoms with Gasteiger partial charge in [0.1, 0.15) is 0 Å². The summed E-state index contributed by atoms with van der Waals surface area (Å²) in [4.78, 5) is 4.68. The largest absolute Gasteiger partial charge is 0.311 e. The van der Waals surface area contributed by atoms with Gasteiger partial charge in [-0.05, 0) is 150 Å². The third-order valence-corrected chi connectivity index (χ3v) is 13.5. The zero-order valence-electron chi connectivity index (χ0n) is 38.6. The van der Waals surface area contributed by atoms with Gasteiger partial charge in [-0.15, -0.1) is 0 Å². The maximum Gasteiger partial charge on any atom is 0.0462 e. The molecule has 12 aromatic rings. The normalized spacial score (nSPS) is 11.1. The molecule has 12 aromatic carbocycles. The highest BCUT2D eigenvalue weighted by Crippen LogP contribution is 2.41. The Kier molecular flexibility index (Phi) is 11.3. The predicted octanol–water partition coefficient (Wildman–Crippen LogP) is 19.3. The molecular weight excluding hydrogens is 845 g/mol. The van der Waals surface area contributed by atoms with Crippen LogP contribution in [0.4, 0.5) is 34.1 Å². The quantitative estimate of drug-likeness (QED) is 0.128. The van der Waals surface area contributed by atoms with Crippen molar-refractivity contribution in [3.05, 3.63) is 291 Å². The highest BCUT2D eigenvalue weighted by molar-refractivity contribution is 5.98.